The fourth-order valence-electron chi connectivity index (χ4n) is 17.6. The normalized spacial score (nSPS) is 22.8. The van der Waals surface area contributed by atoms with Crippen molar-refractivity contribution >= 4 is 65.2 Å². The molecule has 9 aliphatic rings. The maximum atomic E-state index is 13.5. The number of aromatic nitrogens is 15. The fourth-order valence-corrected chi connectivity index (χ4v) is 20.6. The van der Waals surface area contributed by atoms with Crippen molar-refractivity contribution in [2.45, 2.75) is 250 Å². The van der Waals surface area contributed by atoms with Gasteiger partial charge in [-0.25, -0.2) is 43.2 Å². The van der Waals surface area contributed by atoms with Gasteiger partial charge in [0.15, 0.2) is 32.5 Å². The summed E-state index contributed by atoms with van der Waals surface area (Å²) in [4.78, 5) is 61.6. The highest BCUT2D eigenvalue weighted by molar-refractivity contribution is 7.90. The first-order valence-corrected chi connectivity index (χ1v) is 46.5. The molecule has 36 heteroatoms. The fraction of sp³-hybridized carbons (Fsp3) is 0.571. The number of ether oxygens (including phenoxy) is 3. The van der Waals surface area contributed by atoms with E-state index < -0.39 is 47.8 Å². The van der Waals surface area contributed by atoms with Gasteiger partial charge in [-0.3, -0.25) is 28.4 Å². The third-order valence-corrected chi connectivity index (χ3v) is 29.5. The van der Waals surface area contributed by atoms with Gasteiger partial charge in [0, 0.05) is 128 Å². The lowest BCUT2D eigenvalue weighted by atomic mass is 9.93. The summed E-state index contributed by atoms with van der Waals surface area (Å²) in [6.07, 6.45) is 24.1. The molecule has 3 atom stereocenters. The minimum atomic E-state index is -4.17. The summed E-state index contributed by atoms with van der Waals surface area (Å²) in [5.74, 6) is 3.42. The summed E-state index contributed by atoms with van der Waals surface area (Å²) in [5.41, 5.74) is 3.16. The molecule has 0 radical (unpaired) electrons. The van der Waals surface area contributed by atoms with Crippen molar-refractivity contribution in [3.8, 4) is 35.1 Å². The predicted octanol–water partition coefficient (Wildman–Crippen LogP) is 11.6. The monoisotopic (exact) mass is 1700 g/mol. The van der Waals surface area contributed by atoms with E-state index in [1.54, 1.807) is 101 Å². The summed E-state index contributed by atoms with van der Waals surface area (Å²) in [7, 11) is -12.5. The van der Waals surface area contributed by atoms with Crippen LogP contribution in [0.25, 0.3) is 17.5 Å². The Morgan fingerprint density at radius 2 is 0.650 bits per heavy atom. The van der Waals surface area contributed by atoms with E-state index in [9.17, 15) is 39.6 Å². The molecule has 6 aliphatic heterocycles. The Morgan fingerprint density at radius 1 is 0.383 bits per heavy atom. The Kier molecular flexibility index (Phi) is 22.0. The molecule has 3 saturated carbocycles. The number of nitrogens with one attached hydrogen (secondary N) is 3. The average Bonchev–Trinajstić information content (AvgIpc) is 1.57. The average molecular weight is 1700 g/mol. The third-order valence-electron chi connectivity index (χ3n) is 25.9. The maximum absolute atomic E-state index is 13.5. The zero-order valence-electron chi connectivity index (χ0n) is 70.7. The molecule has 3 unspecified atom stereocenters. The first-order valence-electron chi connectivity index (χ1n) is 42.1. The minimum absolute atomic E-state index is 0.162. The number of carbonyl (C=O) groups is 3. The lowest BCUT2D eigenvalue weighted by molar-refractivity contribution is 0.0972. The van der Waals surface area contributed by atoms with Gasteiger partial charge in [0.25, 0.3) is 47.8 Å². The molecule has 0 aromatic carbocycles. The lowest BCUT2D eigenvalue weighted by Crippen LogP contribution is -2.41. The molecular weight excluding hydrogens is 1590 g/mol. The van der Waals surface area contributed by atoms with Gasteiger partial charge in [-0.15, -0.1) is 15.3 Å². The largest absolute Gasteiger partial charge is 0.477 e. The number of carbonyl (C=O) groups excluding carboxylic acids is 3. The van der Waals surface area contributed by atoms with E-state index in [0.717, 1.165) is 94.1 Å². The Morgan fingerprint density at radius 3 is 0.908 bits per heavy atom. The SMILES string of the molecule is Cc1cc2nn1CCCC1CN(c3nc(-n4ccc(OCCC5(C)CC5)n4)ccc3C(=O)NS2(=O)=O)C(C)(C)C1.Cc1cc2nn1CCCC1CN(c3nc(-n4ccc(OCCC5(C)CC5)n4)ccc3C(=O)NS2(=O)=O)C(C)(C)C1.Cc1cc2nn1CCCC1CN(c3nc(-n4ccc(OCCC5(C)CC5)n4)ccc3C(=O)NS2(=O)=O)C(C)(C)C1. The number of rotatable bonds is 15. The van der Waals surface area contributed by atoms with E-state index in [-0.39, 0.29) is 48.4 Å². The van der Waals surface area contributed by atoms with E-state index in [4.69, 9.17) is 29.2 Å². The predicted molar refractivity (Wildman–Crippen MR) is 448 cm³/mol. The summed E-state index contributed by atoms with van der Waals surface area (Å²) < 4.78 is 113. The van der Waals surface area contributed by atoms with Crippen LogP contribution in [0.15, 0.2) is 106 Å². The molecule has 3 aliphatic carbocycles. The summed E-state index contributed by atoms with van der Waals surface area (Å²) in [5, 5.41) is 26.1. The van der Waals surface area contributed by atoms with Crippen LogP contribution in [0, 0.1) is 54.8 Å². The number of anilines is 3. The van der Waals surface area contributed by atoms with Crippen LogP contribution < -0.4 is 43.1 Å². The first kappa shape index (κ1) is 83.4. The van der Waals surface area contributed by atoms with Crippen molar-refractivity contribution in [1.29, 1.82) is 0 Å². The molecule has 6 fully saturated rings. The molecule has 15 heterocycles. The summed E-state index contributed by atoms with van der Waals surface area (Å²) in [6, 6.07) is 19.8. The second-order valence-corrected chi connectivity index (χ2v) is 42.3. The molecule has 9 aromatic heterocycles. The van der Waals surface area contributed by atoms with Crippen LogP contribution >= 0.6 is 0 Å². The number of aryl methyl sites for hydroxylation is 6. The Balaban J connectivity index is 0.000000134. The summed E-state index contributed by atoms with van der Waals surface area (Å²) in [6.45, 7) is 31.0. The second kappa shape index (κ2) is 31.7. The third kappa shape index (κ3) is 18.2. The topological polar surface area (TPSA) is 373 Å². The molecule has 0 spiro atoms. The molecule has 3 saturated heterocycles. The van der Waals surface area contributed by atoms with Crippen molar-refractivity contribution in [2.75, 3.05) is 54.2 Å². The molecular formula is C84H111N21O12S3. The molecule has 18 rings (SSSR count). The van der Waals surface area contributed by atoms with Crippen LogP contribution in [0.5, 0.6) is 17.6 Å². The number of hydrogen-bond donors (Lipinski definition) is 3. The number of fused-ring (bicyclic) bond motifs is 18. The van der Waals surface area contributed by atoms with Crippen LogP contribution in [0.1, 0.15) is 226 Å². The van der Waals surface area contributed by atoms with E-state index in [2.05, 4.69) is 122 Å². The highest BCUT2D eigenvalue weighted by Crippen LogP contribution is 2.50. The van der Waals surface area contributed by atoms with Crippen molar-refractivity contribution < 1.29 is 53.8 Å². The molecule has 9 aromatic rings. The van der Waals surface area contributed by atoms with Crippen LogP contribution in [0.3, 0.4) is 0 Å². The minimum Gasteiger partial charge on any atom is -0.477 e. The number of amides is 3. The van der Waals surface area contributed by atoms with Crippen molar-refractivity contribution in [2.24, 2.45) is 34.0 Å². The van der Waals surface area contributed by atoms with Crippen LogP contribution in [0.4, 0.5) is 17.5 Å². The van der Waals surface area contributed by atoms with Crippen molar-refractivity contribution in [3.63, 3.8) is 0 Å². The molecule has 642 valence electrons. The van der Waals surface area contributed by atoms with Gasteiger partial charge in [-0.05, 0) is 248 Å². The molecule has 3 amide bonds. The van der Waals surface area contributed by atoms with Gasteiger partial charge in [0.1, 0.15) is 17.5 Å². The van der Waals surface area contributed by atoms with Crippen LogP contribution in [-0.2, 0) is 49.7 Å². The Hall–Kier alpha value is -10.2. The van der Waals surface area contributed by atoms with E-state index in [0.29, 0.717) is 146 Å². The van der Waals surface area contributed by atoms with E-state index in [1.165, 1.54) is 56.7 Å². The van der Waals surface area contributed by atoms with Gasteiger partial charge < -0.3 is 28.9 Å². The number of nitrogens with zero attached hydrogens (tertiary/aromatic N) is 18. The molecule has 12 bridgehead atoms. The van der Waals surface area contributed by atoms with Crippen LogP contribution in [0.2, 0.25) is 0 Å². The second-order valence-electron chi connectivity index (χ2n) is 37.4. The van der Waals surface area contributed by atoms with Gasteiger partial charge in [0.2, 0.25) is 17.6 Å². The van der Waals surface area contributed by atoms with Gasteiger partial charge in [-0.1, -0.05) is 20.8 Å². The molecule has 120 heavy (non-hydrogen) atoms. The number of hydrogen-bond acceptors (Lipinski definition) is 24. The van der Waals surface area contributed by atoms with Crippen molar-refractivity contribution in [1.82, 2.24) is 87.8 Å². The highest BCUT2D eigenvalue weighted by Gasteiger charge is 2.46. The zero-order valence-corrected chi connectivity index (χ0v) is 73.1. The van der Waals surface area contributed by atoms with Gasteiger partial charge >= 0.3 is 0 Å². The van der Waals surface area contributed by atoms with Crippen LogP contribution in [-0.4, -0.2) is 173 Å². The van der Waals surface area contributed by atoms with E-state index >= 15 is 0 Å². The molecule has 3 N–H and O–H groups in total. The standard InChI is InChI=1S/3C28H37N7O4S/c3*1-19-16-24-31-34(19)13-5-6-20-17-27(2,3)33(18-20)25-21(26(36)32-40(24,37)38)7-8-22(29-25)35-14-9-23(30-35)39-15-12-28(4)10-11-28/h3*7-9,14,16,20H,5-6,10-13,15,17-18H2,1-4H3,(H,32,36). The van der Waals surface area contributed by atoms with E-state index in [1.807, 2.05) is 20.8 Å². The van der Waals surface area contributed by atoms with Gasteiger partial charge in [0.05, 0.1) is 36.5 Å². The van der Waals surface area contributed by atoms with Crippen molar-refractivity contribution in [3.05, 3.63) is 125 Å². The number of pyridine rings is 3. The number of sulfonamides is 3. The first-order chi connectivity index (χ1) is 56.8. The molecule has 33 nitrogen and oxygen atoms in total. The zero-order chi connectivity index (χ0) is 84.9. The maximum Gasteiger partial charge on any atom is 0.283 e. The highest BCUT2D eigenvalue weighted by atomic mass is 32.2. The summed E-state index contributed by atoms with van der Waals surface area (Å²) >= 11 is 0. The van der Waals surface area contributed by atoms with Gasteiger partial charge in [-0.2, -0.15) is 40.5 Å². The lowest BCUT2D eigenvalue weighted by Gasteiger charge is -2.34. The smallest absolute Gasteiger partial charge is 0.283 e. The quantitative estimate of drug-likeness (QED) is 0.0858. The Labute approximate surface area is 701 Å². The Bertz CT molecular complexity index is 5210.